The number of halogens is 1. The van der Waals surface area contributed by atoms with E-state index in [0.29, 0.717) is 25.2 Å². The van der Waals surface area contributed by atoms with Crippen LogP contribution in [-0.4, -0.2) is 49.6 Å². The Kier molecular flexibility index (Phi) is 5.40. The summed E-state index contributed by atoms with van der Waals surface area (Å²) in [4.78, 5) is 19.0. The fourth-order valence-electron chi connectivity index (χ4n) is 4.24. The van der Waals surface area contributed by atoms with Gasteiger partial charge >= 0.3 is 0 Å². The van der Waals surface area contributed by atoms with Crippen molar-refractivity contribution in [1.82, 2.24) is 14.6 Å². The molecule has 29 heavy (non-hydrogen) atoms. The number of amides is 1. The number of carbonyl (C=O) groups excluding carboxylic acids is 1. The van der Waals surface area contributed by atoms with E-state index in [9.17, 15) is 17.6 Å². The van der Waals surface area contributed by atoms with Gasteiger partial charge in [-0.3, -0.25) is 9.78 Å². The van der Waals surface area contributed by atoms with E-state index in [4.69, 9.17) is 0 Å². The van der Waals surface area contributed by atoms with Gasteiger partial charge in [-0.2, -0.15) is 0 Å². The molecule has 1 amide bonds. The predicted molar refractivity (Wildman–Crippen MR) is 108 cm³/mol. The number of hydrogen-bond donors (Lipinski definition) is 1. The number of piperidine rings is 1. The van der Waals surface area contributed by atoms with Crippen LogP contribution in [0.15, 0.2) is 42.6 Å². The highest BCUT2D eigenvalue weighted by Crippen LogP contribution is 2.51. The fourth-order valence-corrected chi connectivity index (χ4v) is 5.04. The quantitative estimate of drug-likeness (QED) is 0.811. The number of benzene rings is 1. The minimum Gasteiger partial charge on any atom is -0.341 e. The standard InChI is InChI=1S/C21H24FN3O3S/c1-29(27,28)24-14-6-5-11-25(13-14)21(26)18-12-17(18)15-7-2-3-8-16(15)20-19(22)9-4-10-23-20/h2-4,7-10,14,17-18,24H,5-6,11-13H2,1H3/t14-,17+,18-/m0/s1. The Labute approximate surface area is 170 Å². The Hall–Kier alpha value is -2.32. The molecular formula is C21H24FN3O3S. The second-order valence-corrected chi connectivity index (χ2v) is 9.66. The number of likely N-dealkylation sites (tertiary alicyclic amines) is 1. The van der Waals surface area contributed by atoms with Gasteiger partial charge < -0.3 is 4.90 Å². The second-order valence-electron chi connectivity index (χ2n) is 7.88. The van der Waals surface area contributed by atoms with Crippen LogP contribution in [0.3, 0.4) is 0 Å². The molecule has 2 aromatic rings. The molecule has 1 aliphatic carbocycles. The van der Waals surface area contributed by atoms with Crippen LogP contribution in [0.4, 0.5) is 4.39 Å². The van der Waals surface area contributed by atoms with Crippen LogP contribution in [0.25, 0.3) is 11.3 Å². The molecule has 0 spiro atoms. The molecule has 1 aliphatic heterocycles. The molecule has 1 aromatic carbocycles. The summed E-state index contributed by atoms with van der Waals surface area (Å²) < 4.78 is 39.9. The number of carbonyl (C=O) groups is 1. The lowest BCUT2D eigenvalue weighted by Crippen LogP contribution is -2.49. The van der Waals surface area contributed by atoms with Crippen molar-refractivity contribution < 1.29 is 17.6 Å². The molecule has 8 heteroatoms. The first-order chi connectivity index (χ1) is 13.8. The van der Waals surface area contributed by atoms with Gasteiger partial charge in [0.2, 0.25) is 15.9 Å². The smallest absolute Gasteiger partial charge is 0.226 e. The summed E-state index contributed by atoms with van der Waals surface area (Å²) in [5, 5.41) is 0. The van der Waals surface area contributed by atoms with Crippen LogP contribution in [-0.2, 0) is 14.8 Å². The van der Waals surface area contributed by atoms with Gasteiger partial charge in [-0.05, 0) is 42.9 Å². The van der Waals surface area contributed by atoms with E-state index in [-0.39, 0.29) is 29.6 Å². The summed E-state index contributed by atoms with van der Waals surface area (Å²) in [6.07, 6.45) is 4.91. The number of pyridine rings is 1. The van der Waals surface area contributed by atoms with Crippen molar-refractivity contribution in [1.29, 1.82) is 0 Å². The van der Waals surface area contributed by atoms with Crippen LogP contribution < -0.4 is 4.72 Å². The first-order valence-corrected chi connectivity index (χ1v) is 11.7. The van der Waals surface area contributed by atoms with Gasteiger partial charge in [0.25, 0.3) is 0 Å². The zero-order valence-electron chi connectivity index (χ0n) is 16.2. The molecule has 2 fully saturated rings. The molecule has 0 bridgehead atoms. The largest absolute Gasteiger partial charge is 0.341 e. The highest BCUT2D eigenvalue weighted by Gasteiger charge is 2.47. The van der Waals surface area contributed by atoms with Gasteiger partial charge in [0.15, 0.2) is 0 Å². The third-order valence-electron chi connectivity index (χ3n) is 5.60. The summed E-state index contributed by atoms with van der Waals surface area (Å²) in [5.74, 6) is -0.455. The summed E-state index contributed by atoms with van der Waals surface area (Å²) in [6.45, 7) is 1.03. The maximum atomic E-state index is 14.3. The van der Waals surface area contributed by atoms with Crippen molar-refractivity contribution in [2.24, 2.45) is 5.92 Å². The molecule has 1 saturated heterocycles. The molecule has 0 radical (unpaired) electrons. The maximum absolute atomic E-state index is 14.3. The third-order valence-corrected chi connectivity index (χ3v) is 6.36. The molecule has 6 nitrogen and oxygen atoms in total. The predicted octanol–water partition coefficient (Wildman–Crippen LogP) is 2.53. The Morgan fingerprint density at radius 3 is 2.79 bits per heavy atom. The van der Waals surface area contributed by atoms with Crippen molar-refractivity contribution in [3.63, 3.8) is 0 Å². The van der Waals surface area contributed by atoms with Crippen molar-refractivity contribution in [3.8, 4) is 11.3 Å². The van der Waals surface area contributed by atoms with Crippen LogP contribution in [0.5, 0.6) is 0 Å². The fraction of sp³-hybridized carbons (Fsp3) is 0.429. The minimum absolute atomic E-state index is 0.0309. The average molecular weight is 418 g/mol. The molecule has 4 rings (SSSR count). The van der Waals surface area contributed by atoms with E-state index in [0.717, 1.165) is 30.2 Å². The summed E-state index contributed by atoms with van der Waals surface area (Å²) in [6, 6.07) is 10.2. The Morgan fingerprint density at radius 2 is 2.03 bits per heavy atom. The highest BCUT2D eigenvalue weighted by molar-refractivity contribution is 7.88. The van der Waals surface area contributed by atoms with Crippen molar-refractivity contribution in [2.75, 3.05) is 19.3 Å². The molecule has 3 atom stereocenters. The lowest BCUT2D eigenvalue weighted by atomic mass is 9.98. The van der Waals surface area contributed by atoms with Crippen LogP contribution in [0.1, 0.15) is 30.7 Å². The number of nitrogens with one attached hydrogen (secondary N) is 1. The van der Waals surface area contributed by atoms with Crippen LogP contribution in [0, 0.1) is 11.7 Å². The van der Waals surface area contributed by atoms with Crippen LogP contribution >= 0.6 is 0 Å². The van der Waals surface area contributed by atoms with Gasteiger partial charge in [0, 0.05) is 36.8 Å². The first kappa shape index (κ1) is 20.0. The Bertz CT molecular complexity index is 1030. The van der Waals surface area contributed by atoms with E-state index in [1.165, 1.54) is 6.07 Å². The van der Waals surface area contributed by atoms with E-state index in [2.05, 4.69) is 9.71 Å². The number of nitrogens with zero attached hydrogens (tertiary/aromatic N) is 2. The average Bonchev–Trinajstić information content (AvgIpc) is 3.47. The monoisotopic (exact) mass is 417 g/mol. The highest BCUT2D eigenvalue weighted by atomic mass is 32.2. The first-order valence-electron chi connectivity index (χ1n) is 9.79. The molecule has 154 valence electrons. The third kappa shape index (κ3) is 4.48. The SMILES string of the molecule is CS(=O)(=O)N[C@H]1CCCN(C(=O)[C@H]2C[C@@H]2c2ccccc2-c2ncccc2F)C1. The minimum atomic E-state index is -3.30. The van der Waals surface area contributed by atoms with Gasteiger partial charge in [0.1, 0.15) is 11.5 Å². The Balaban J connectivity index is 1.49. The topological polar surface area (TPSA) is 79.4 Å². The molecule has 1 N–H and O–H groups in total. The maximum Gasteiger partial charge on any atom is 0.226 e. The molecular weight excluding hydrogens is 393 g/mol. The van der Waals surface area contributed by atoms with Gasteiger partial charge in [-0.1, -0.05) is 24.3 Å². The summed E-state index contributed by atoms with van der Waals surface area (Å²) >= 11 is 0. The lowest BCUT2D eigenvalue weighted by molar-refractivity contribution is -0.133. The van der Waals surface area contributed by atoms with Gasteiger partial charge in [-0.25, -0.2) is 17.5 Å². The van der Waals surface area contributed by atoms with Crippen molar-refractivity contribution >= 4 is 15.9 Å². The van der Waals surface area contributed by atoms with Crippen LogP contribution in [0.2, 0.25) is 0 Å². The lowest BCUT2D eigenvalue weighted by Gasteiger charge is -2.33. The second kappa shape index (κ2) is 7.84. The molecule has 2 heterocycles. The van der Waals surface area contributed by atoms with Crippen molar-refractivity contribution in [2.45, 2.75) is 31.2 Å². The normalized spacial score (nSPS) is 24.3. The van der Waals surface area contributed by atoms with E-state index in [1.54, 1.807) is 17.2 Å². The van der Waals surface area contributed by atoms with Gasteiger partial charge in [0.05, 0.1) is 6.26 Å². The van der Waals surface area contributed by atoms with E-state index in [1.807, 2.05) is 24.3 Å². The number of sulfonamides is 1. The number of aromatic nitrogens is 1. The molecule has 2 aliphatic rings. The summed E-state index contributed by atoms with van der Waals surface area (Å²) in [5.41, 5.74) is 1.96. The Morgan fingerprint density at radius 1 is 1.24 bits per heavy atom. The molecule has 0 unspecified atom stereocenters. The molecule has 1 aromatic heterocycles. The van der Waals surface area contributed by atoms with E-state index >= 15 is 0 Å². The zero-order valence-corrected chi connectivity index (χ0v) is 17.0. The molecule has 1 saturated carbocycles. The van der Waals surface area contributed by atoms with Gasteiger partial charge in [-0.15, -0.1) is 0 Å². The summed E-state index contributed by atoms with van der Waals surface area (Å²) in [7, 11) is -3.30. The van der Waals surface area contributed by atoms with E-state index < -0.39 is 10.0 Å². The zero-order chi connectivity index (χ0) is 20.6. The number of hydrogen-bond acceptors (Lipinski definition) is 4. The number of rotatable bonds is 5. The van der Waals surface area contributed by atoms with Crippen molar-refractivity contribution in [3.05, 3.63) is 54.0 Å².